The van der Waals surface area contributed by atoms with Gasteiger partial charge in [-0.25, -0.2) is 0 Å². The molecule has 0 bridgehead atoms. The molecule has 1 aliphatic rings. The molecule has 0 aromatic heterocycles. The van der Waals surface area contributed by atoms with E-state index >= 15 is 0 Å². The van der Waals surface area contributed by atoms with Gasteiger partial charge in [0.05, 0.1) is 6.54 Å². The van der Waals surface area contributed by atoms with Crippen LogP contribution in [0.1, 0.15) is 17.5 Å². The van der Waals surface area contributed by atoms with Crippen molar-refractivity contribution in [2.45, 2.75) is 19.5 Å². The third-order valence-electron chi connectivity index (χ3n) is 5.05. The topological polar surface area (TPSA) is 47.6 Å². The van der Waals surface area contributed by atoms with Crippen molar-refractivity contribution in [3.63, 3.8) is 0 Å². The van der Waals surface area contributed by atoms with Crippen LogP contribution in [-0.4, -0.2) is 61.5 Å². The Balaban J connectivity index is 1.46. The van der Waals surface area contributed by atoms with E-state index in [-0.39, 0.29) is 5.91 Å². The molecule has 2 aromatic carbocycles. The standard InChI is InChI=1S/C23H32N4O/c28-23(25-12-7-15-26-16-13-24-14-17-26)20-27(18-21-8-3-1-4-9-21)19-22-10-5-2-6-11-22/h1-6,8-11,24H,7,12-20H2,(H,25,28). The molecule has 1 heterocycles. The van der Waals surface area contributed by atoms with Gasteiger partial charge in [0.15, 0.2) is 0 Å². The minimum Gasteiger partial charge on any atom is -0.355 e. The number of nitrogens with one attached hydrogen (secondary N) is 2. The number of piperazine rings is 1. The highest BCUT2D eigenvalue weighted by Gasteiger charge is 2.13. The number of carbonyl (C=O) groups excluding carboxylic acids is 1. The summed E-state index contributed by atoms with van der Waals surface area (Å²) >= 11 is 0. The van der Waals surface area contributed by atoms with Crippen LogP contribution in [-0.2, 0) is 17.9 Å². The number of carbonyl (C=O) groups is 1. The van der Waals surface area contributed by atoms with Crippen molar-refractivity contribution in [3.8, 4) is 0 Å². The fourth-order valence-electron chi connectivity index (χ4n) is 3.58. The maximum absolute atomic E-state index is 12.5. The lowest BCUT2D eigenvalue weighted by Crippen LogP contribution is -2.44. The Labute approximate surface area is 168 Å². The molecule has 0 atom stereocenters. The fraction of sp³-hybridized carbons (Fsp3) is 0.435. The summed E-state index contributed by atoms with van der Waals surface area (Å²) in [5, 5.41) is 6.47. The van der Waals surface area contributed by atoms with E-state index < -0.39 is 0 Å². The Hall–Kier alpha value is -2.21. The Morgan fingerprint density at radius 2 is 1.50 bits per heavy atom. The molecule has 1 fully saturated rings. The van der Waals surface area contributed by atoms with Crippen molar-refractivity contribution in [2.75, 3.05) is 45.8 Å². The lowest BCUT2D eigenvalue weighted by Gasteiger charge is -2.27. The second-order valence-corrected chi connectivity index (χ2v) is 7.41. The van der Waals surface area contributed by atoms with Crippen LogP contribution in [0.2, 0.25) is 0 Å². The van der Waals surface area contributed by atoms with E-state index in [1.165, 1.54) is 11.1 Å². The molecule has 2 N–H and O–H groups in total. The highest BCUT2D eigenvalue weighted by molar-refractivity contribution is 5.77. The van der Waals surface area contributed by atoms with E-state index in [0.717, 1.165) is 58.8 Å². The van der Waals surface area contributed by atoms with Gasteiger partial charge in [0.2, 0.25) is 5.91 Å². The Kier molecular flexibility index (Phi) is 8.50. The van der Waals surface area contributed by atoms with Gasteiger partial charge in [0.25, 0.3) is 0 Å². The second kappa shape index (κ2) is 11.6. The summed E-state index contributed by atoms with van der Waals surface area (Å²) in [6.45, 7) is 8.10. The molecule has 5 nitrogen and oxygen atoms in total. The Morgan fingerprint density at radius 1 is 0.929 bits per heavy atom. The van der Waals surface area contributed by atoms with Crippen LogP contribution in [0.5, 0.6) is 0 Å². The van der Waals surface area contributed by atoms with E-state index in [1.54, 1.807) is 0 Å². The zero-order valence-corrected chi connectivity index (χ0v) is 16.6. The zero-order chi connectivity index (χ0) is 19.4. The van der Waals surface area contributed by atoms with Gasteiger partial charge in [-0.2, -0.15) is 0 Å². The molecule has 150 valence electrons. The van der Waals surface area contributed by atoms with E-state index in [2.05, 4.69) is 44.7 Å². The quantitative estimate of drug-likeness (QED) is 0.620. The average Bonchev–Trinajstić information content (AvgIpc) is 2.73. The van der Waals surface area contributed by atoms with Gasteiger partial charge in [0, 0.05) is 45.8 Å². The van der Waals surface area contributed by atoms with Crippen molar-refractivity contribution >= 4 is 5.91 Å². The number of nitrogens with zero attached hydrogens (tertiary/aromatic N) is 2. The molecule has 2 aromatic rings. The highest BCUT2D eigenvalue weighted by Crippen LogP contribution is 2.09. The second-order valence-electron chi connectivity index (χ2n) is 7.41. The smallest absolute Gasteiger partial charge is 0.234 e. The summed E-state index contributed by atoms with van der Waals surface area (Å²) in [6.07, 6.45) is 1.00. The molecule has 0 aliphatic carbocycles. The molecule has 0 spiro atoms. The molecule has 1 saturated heterocycles. The van der Waals surface area contributed by atoms with Gasteiger partial charge in [-0.1, -0.05) is 60.7 Å². The van der Waals surface area contributed by atoms with E-state index in [1.807, 2.05) is 36.4 Å². The highest BCUT2D eigenvalue weighted by atomic mass is 16.2. The van der Waals surface area contributed by atoms with Crippen LogP contribution < -0.4 is 10.6 Å². The van der Waals surface area contributed by atoms with Gasteiger partial charge >= 0.3 is 0 Å². The predicted octanol–water partition coefficient (Wildman–Crippen LogP) is 2.10. The number of rotatable bonds is 10. The third kappa shape index (κ3) is 7.43. The molecule has 0 unspecified atom stereocenters. The van der Waals surface area contributed by atoms with Crippen molar-refractivity contribution in [2.24, 2.45) is 0 Å². The molecular formula is C23H32N4O. The van der Waals surface area contributed by atoms with Crippen LogP contribution in [0.15, 0.2) is 60.7 Å². The van der Waals surface area contributed by atoms with Gasteiger partial charge in [0.1, 0.15) is 0 Å². The number of hydrogen-bond acceptors (Lipinski definition) is 4. The van der Waals surface area contributed by atoms with Crippen molar-refractivity contribution < 1.29 is 4.79 Å². The minimum absolute atomic E-state index is 0.104. The minimum atomic E-state index is 0.104. The summed E-state index contributed by atoms with van der Waals surface area (Å²) in [5.74, 6) is 0.104. The molecule has 0 radical (unpaired) electrons. The summed E-state index contributed by atoms with van der Waals surface area (Å²) in [4.78, 5) is 17.2. The fourth-order valence-corrected chi connectivity index (χ4v) is 3.58. The van der Waals surface area contributed by atoms with Crippen LogP contribution in [0.4, 0.5) is 0 Å². The van der Waals surface area contributed by atoms with Gasteiger partial charge < -0.3 is 15.5 Å². The molecule has 28 heavy (non-hydrogen) atoms. The summed E-state index contributed by atoms with van der Waals surface area (Å²) in [7, 11) is 0. The molecular weight excluding hydrogens is 348 g/mol. The van der Waals surface area contributed by atoms with Crippen LogP contribution in [0.3, 0.4) is 0 Å². The Morgan fingerprint density at radius 3 is 2.07 bits per heavy atom. The lowest BCUT2D eigenvalue weighted by atomic mass is 10.1. The first-order chi connectivity index (χ1) is 13.8. The molecule has 1 amide bonds. The first-order valence-corrected chi connectivity index (χ1v) is 10.3. The third-order valence-corrected chi connectivity index (χ3v) is 5.05. The van der Waals surface area contributed by atoms with E-state index in [4.69, 9.17) is 0 Å². The average molecular weight is 381 g/mol. The van der Waals surface area contributed by atoms with Crippen molar-refractivity contribution in [3.05, 3.63) is 71.8 Å². The normalized spacial score (nSPS) is 14.9. The largest absolute Gasteiger partial charge is 0.355 e. The monoisotopic (exact) mass is 380 g/mol. The van der Waals surface area contributed by atoms with Crippen molar-refractivity contribution in [1.82, 2.24) is 20.4 Å². The van der Waals surface area contributed by atoms with Crippen molar-refractivity contribution in [1.29, 1.82) is 0 Å². The Bertz CT molecular complexity index is 645. The molecule has 0 saturated carbocycles. The molecule has 1 aliphatic heterocycles. The van der Waals surface area contributed by atoms with Crippen LogP contribution in [0, 0.1) is 0 Å². The molecule has 5 heteroatoms. The first kappa shape index (κ1) is 20.5. The first-order valence-electron chi connectivity index (χ1n) is 10.3. The van der Waals surface area contributed by atoms with Gasteiger partial charge in [-0.15, -0.1) is 0 Å². The summed E-state index contributed by atoms with van der Waals surface area (Å²) in [5.41, 5.74) is 2.45. The number of amides is 1. The van der Waals surface area contributed by atoms with E-state index in [0.29, 0.717) is 6.54 Å². The summed E-state index contributed by atoms with van der Waals surface area (Å²) in [6, 6.07) is 20.7. The van der Waals surface area contributed by atoms with Crippen LogP contribution in [0.25, 0.3) is 0 Å². The number of benzene rings is 2. The zero-order valence-electron chi connectivity index (χ0n) is 16.6. The maximum atomic E-state index is 12.5. The van der Waals surface area contributed by atoms with Crippen LogP contribution >= 0.6 is 0 Å². The van der Waals surface area contributed by atoms with E-state index in [9.17, 15) is 4.79 Å². The number of hydrogen-bond donors (Lipinski definition) is 2. The lowest BCUT2D eigenvalue weighted by molar-refractivity contribution is -0.122. The maximum Gasteiger partial charge on any atom is 0.234 e. The predicted molar refractivity (Wildman–Crippen MR) is 114 cm³/mol. The summed E-state index contributed by atoms with van der Waals surface area (Å²) < 4.78 is 0. The molecule has 3 rings (SSSR count). The SMILES string of the molecule is O=C(CN(Cc1ccccc1)Cc1ccccc1)NCCCN1CCNCC1. The van der Waals surface area contributed by atoms with Gasteiger partial charge in [-0.3, -0.25) is 9.69 Å². The van der Waals surface area contributed by atoms with Gasteiger partial charge in [-0.05, 0) is 24.1 Å².